The summed E-state index contributed by atoms with van der Waals surface area (Å²) in [6, 6.07) is 0. The monoisotopic (exact) mass is 282 g/mol. The van der Waals surface area contributed by atoms with E-state index in [1.807, 2.05) is 6.92 Å². The van der Waals surface area contributed by atoms with E-state index in [1.54, 1.807) is 0 Å². The third-order valence-corrected chi connectivity index (χ3v) is 3.98. The van der Waals surface area contributed by atoms with E-state index in [2.05, 4.69) is 15.5 Å². The summed E-state index contributed by atoms with van der Waals surface area (Å²) in [6.45, 7) is 2.20. The molecule has 0 aromatic carbocycles. The summed E-state index contributed by atoms with van der Waals surface area (Å²) in [6.07, 6.45) is 4.07. The maximum Gasteiger partial charge on any atom is 0.319 e. The van der Waals surface area contributed by atoms with Gasteiger partial charge in [0.1, 0.15) is 6.20 Å². The molecule has 110 valence electrons. The quantitative estimate of drug-likeness (QED) is 0.561. The number of aliphatic hydroxyl groups excluding tert-OH is 1. The molecular weight excluding hydrogens is 264 g/mol. The van der Waals surface area contributed by atoms with Crippen LogP contribution < -0.4 is 5.32 Å². The van der Waals surface area contributed by atoms with Gasteiger partial charge < -0.3 is 10.4 Å². The van der Waals surface area contributed by atoms with Crippen molar-refractivity contribution in [2.75, 3.05) is 6.54 Å². The Morgan fingerprint density at radius 3 is 3.10 bits per heavy atom. The van der Waals surface area contributed by atoms with E-state index >= 15 is 0 Å². The number of nitro groups is 1. The molecule has 1 fully saturated rings. The molecule has 8 nitrogen and oxygen atoms in total. The molecule has 0 spiro atoms. The number of amides is 1. The minimum absolute atomic E-state index is 0.163. The third-order valence-electron chi connectivity index (χ3n) is 3.98. The molecule has 0 saturated heterocycles. The molecule has 3 N–H and O–H groups in total. The maximum atomic E-state index is 12.0. The fourth-order valence-corrected chi connectivity index (χ4v) is 2.54. The van der Waals surface area contributed by atoms with Crippen LogP contribution in [0.15, 0.2) is 6.20 Å². The fourth-order valence-electron chi connectivity index (χ4n) is 2.54. The van der Waals surface area contributed by atoms with Crippen LogP contribution in [0.1, 0.15) is 43.1 Å². The molecule has 1 amide bonds. The van der Waals surface area contributed by atoms with E-state index in [-0.39, 0.29) is 23.3 Å². The van der Waals surface area contributed by atoms with Gasteiger partial charge in [0.15, 0.2) is 0 Å². The Labute approximate surface area is 115 Å². The molecule has 8 heteroatoms. The molecule has 0 aliphatic heterocycles. The second-order valence-electron chi connectivity index (χ2n) is 5.49. The van der Waals surface area contributed by atoms with Gasteiger partial charge in [-0.1, -0.05) is 19.8 Å². The molecule has 1 heterocycles. The Hall–Kier alpha value is -1.96. The Balaban J connectivity index is 2.01. The van der Waals surface area contributed by atoms with Crippen molar-refractivity contribution in [2.24, 2.45) is 5.41 Å². The lowest BCUT2D eigenvalue weighted by molar-refractivity contribution is -0.385. The van der Waals surface area contributed by atoms with Crippen LogP contribution in [0, 0.1) is 15.5 Å². The van der Waals surface area contributed by atoms with Gasteiger partial charge >= 0.3 is 5.69 Å². The zero-order valence-corrected chi connectivity index (χ0v) is 11.3. The SMILES string of the molecule is CC1(CNC(=O)c2[nH]ncc2[N+](=O)[O-])CCCCC1O. The van der Waals surface area contributed by atoms with E-state index in [0.29, 0.717) is 0 Å². The van der Waals surface area contributed by atoms with E-state index in [0.717, 1.165) is 31.9 Å². The highest BCUT2D eigenvalue weighted by molar-refractivity contribution is 5.95. The maximum absolute atomic E-state index is 12.0. The largest absolute Gasteiger partial charge is 0.392 e. The van der Waals surface area contributed by atoms with Gasteiger partial charge in [0.2, 0.25) is 5.69 Å². The Kier molecular flexibility index (Phi) is 4.03. The Morgan fingerprint density at radius 1 is 1.70 bits per heavy atom. The number of aromatic amines is 1. The van der Waals surface area contributed by atoms with Crippen LogP contribution in [0.4, 0.5) is 5.69 Å². The molecule has 1 saturated carbocycles. The Morgan fingerprint density at radius 2 is 2.45 bits per heavy atom. The molecule has 1 aliphatic carbocycles. The summed E-state index contributed by atoms with van der Waals surface area (Å²) in [5.74, 6) is -0.576. The molecule has 1 aromatic heterocycles. The standard InChI is InChI=1S/C12H18N4O4/c1-12(5-3-2-4-9(12)17)7-13-11(18)10-8(16(19)20)6-14-15-10/h6,9,17H,2-5,7H2,1H3,(H,13,18)(H,14,15). The number of nitrogens with one attached hydrogen (secondary N) is 2. The highest BCUT2D eigenvalue weighted by atomic mass is 16.6. The average Bonchev–Trinajstić information content (AvgIpc) is 2.89. The van der Waals surface area contributed by atoms with E-state index < -0.39 is 16.9 Å². The number of aromatic nitrogens is 2. The summed E-state index contributed by atoms with van der Waals surface area (Å²) in [4.78, 5) is 22.0. The van der Waals surface area contributed by atoms with Crippen molar-refractivity contribution in [3.05, 3.63) is 22.0 Å². The summed E-state index contributed by atoms with van der Waals surface area (Å²) >= 11 is 0. The molecule has 2 rings (SSSR count). The van der Waals surface area contributed by atoms with E-state index in [4.69, 9.17) is 0 Å². The highest BCUT2D eigenvalue weighted by Crippen LogP contribution is 2.35. The van der Waals surface area contributed by atoms with Gasteiger partial charge in [-0.05, 0) is 12.8 Å². The molecule has 2 unspecified atom stereocenters. The third kappa shape index (κ3) is 2.79. The first-order chi connectivity index (χ1) is 9.44. The van der Waals surface area contributed by atoms with E-state index in [1.165, 1.54) is 0 Å². The number of aliphatic hydroxyl groups is 1. The second-order valence-corrected chi connectivity index (χ2v) is 5.49. The van der Waals surface area contributed by atoms with Gasteiger partial charge in [0, 0.05) is 12.0 Å². The van der Waals surface area contributed by atoms with Gasteiger partial charge in [0.05, 0.1) is 11.0 Å². The van der Waals surface area contributed by atoms with E-state index in [9.17, 15) is 20.0 Å². The Bertz CT molecular complexity index is 515. The highest BCUT2D eigenvalue weighted by Gasteiger charge is 2.36. The normalized spacial score (nSPS) is 26.2. The lowest BCUT2D eigenvalue weighted by atomic mass is 9.73. The van der Waals surface area contributed by atoms with Crippen molar-refractivity contribution in [1.29, 1.82) is 0 Å². The molecule has 0 bridgehead atoms. The van der Waals surface area contributed by atoms with Crippen molar-refractivity contribution in [2.45, 2.75) is 38.7 Å². The molecule has 2 atom stereocenters. The predicted molar refractivity (Wildman–Crippen MR) is 70.2 cm³/mol. The second kappa shape index (κ2) is 5.58. The van der Waals surface area contributed by atoms with Crippen LogP contribution in [-0.2, 0) is 0 Å². The van der Waals surface area contributed by atoms with Crippen molar-refractivity contribution < 1.29 is 14.8 Å². The average molecular weight is 282 g/mol. The number of H-pyrrole nitrogens is 1. The smallest absolute Gasteiger partial charge is 0.319 e. The summed E-state index contributed by atoms with van der Waals surface area (Å²) in [7, 11) is 0. The molecule has 1 aromatic rings. The van der Waals surface area contributed by atoms with Crippen LogP contribution in [0.3, 0.4) is 0 Å². The predicted octanol–water partition coefficient (Wildman–Crippen LogP) is 0.989. The van der Waals surface area contributed by atoms with Gasteiger partial charge in [-0.2, -0.15) is 5.10 Å². The zero-order chi connectivity index (χ0) is 14.8. The number of hydrogen-bond donors (Lipinski definition) is 3. The van der Waals surface area contributed by atoms with Crippen molar-refractivity contribution in [3.63, 3.8) is 0 Å². The molecule has 20 heavy (non-hydrogen) atoms. The van der Waals surface area contributed by atoms with Crippen molar-refractivity contribution >= 4 is 11.6 Å². The number of hydrogen-bond acceptors (Lipinski definition) is 5. The number of carbonyl (C=O) groups is 1. The lowest BCUT2D eigenvalue weighted by Gasteiger charge is -2.38. The fraction of sp³-hybridized carbons (Fsp3) is 0.667. The summed E-state index contributed by atoms with van der Waals surface area (Å²) < 4.78 is 0. The van der Waals surface area contributed by atoms with Gasteiger partial charge in [-0.15, -0.1) is 0 Å². The van der Waals surface area contributed by atoms with Crippen LogP contribution in [0.25, 0.3) is 0 Å². The summed E-state index contributed by atoms with van der Waals surface area (Å²) in [5.41, 5.74) is -0.899. The first-order valence-electron chi connectivity index (χ1n) is 6.58. The van der Waals surface area contributed by atoms with Crippen molar-refractivity contribution in [1.82, 2.24) is 15.5 Å². The van der Waals surface area contributed by atoms with Crippen LogP contribution in [0.5, 0.6) is 0 Å². The lowest BCUT2D eigenvalue weighted by Crippen LogP contribution is -2.45. The minimum Gasteiger partial charge on any atom is -0.392 e. The number of rotatable bonds is 4. The zero-order valence-electron chi connectivity index (χ0n) is 11.3. The number of carbonyl (C=O) groups excluding carboxylic acids is 1. The van der Waals surface area contributed by atoms with Crippen molar-refractivity contribution in [3.8, 4) is 0 Å². The summed E-state index contributed by atoms with van der Waals surface area (Å²) in [5, 5.41) is 29.3. The number of nitrogens with zero attached hydrogens (tertiary/aromatic N) is 2. The first-order valence-corrected chi connectivity index (χ1v) is 6.58. The van der Waals surface area contributed by atoms with Crippen LogP contribution in [0.2, 0.25) is 0 Å². The molecule has 1 aliphatic rings. The molecule has 0 radical (unpaired) electrons. The van der Waals surface area contributed by atoms with Gasteiger partial charge in [-0.3, -0.25) is 20.0 Å². The first kappa shape index (κ1) is 14.4. The van der Waals surface area contributed by atoms with Gasteiger partial charge in [0.25, 0.3) is 5.91 Å². The van der Waals surface area contributed by atoms with Crippen LogP contribution in [-0.4, -0.2) is 38.8 Å². The van der Waals surface area contributed by atoms with Crippen LogP contribution >= 0.6 is 0 Å². The molecular formula is C12H18N4O4. The van der Waals surface area contributed by atoms with Gasteiger partial charge in [-0.25, -0.2) is 0 Å². The topological polar surface area (TPSA) is 121 Å². The minimum atomic E-state index is -0.657.